The third kappa shape index (κ3) is 2.72. The summed E-state index contributed by atoms with van der Waals surface area (Å²) in [5, 5.41) is 34.6. The third-order valence-electron chi connectivity index (χ3n) is 12.7. The smallest absolute Gasteiger partial charge is 0.157 e. The van der Waals surface area contributed by atoms with E-state index in [4.69, 9.17) is 9.47 Å². The van der Waals surface area contributed by atoms with E-state index < -0.39 is 11.2 Å². The van der Waals surface area contributed by atoms with Gasteiger partial charge in [-0.25, -0.2) is 0 Å². The minimum atomic E-state index is -0.685. The van der Waals surface area contributed by atoms with Crippen molar-refractivity contribution in [2.24, 2.45) is 52.3 Å². The molecule has 5 nitrogen and oxygen atoms in total. The molecule has 1 aliphatic heterocycles. The second kappa shape index (κ2) is 6.97. The predicted molar refractivity (Wildman–Crippen MR) is 123 cm³/mol. The van der Waals surface area contributed by atoms with Crippen molar-refractivity contribution in [2.45, 2.75) is 108 Å². The van der Waals surface area contributed by atoms with Crippen LogP contribution in [-0.2, 0) is 9.47 Å². The molecule has 0 radical (unpaired) electrons. The molecule has 0 spiro atoms. The van der Waals surface area contributed by atoms with Crippen LogP contribution in [0.25, 0.3) is 0 Å². The fraction of sp³-hybridized carbons (Fsp3) is 1.00. The molecule has 0 aromatic rings. The maximum Gasteiger partial charge on any atom is 0.157 e. The van der Waals surface area contributed by atoms with Gasteiger partial charge in [-0.2, -0.15) is 0 Å². The number of aliphatic hydroxyl groups is 3. The molecule has 7 aliphatic rings. The highest BCUT2D eigenvalue weighted by Gasteiger charge is 2.81. The molecule has 6 saturated carbocycles. The van der Waals surface area contributed by atoms with Crippen LogP contribution in [0.4, 0.5) is 0 Å². The quantitative estimate of drug-likeness (QED) is 0.593. The van der Waals surface area contributed by atoms with Gasteiger partial charge in [0.15, 0.2) is 6.29 Å². The number of hydrogen-bond donors (Lipinski definition) is 3. The van der Waals surface area contributed by atoms with Gasteiger partial charge in [-0.15, -0.1) is 0 Å². The Morgan fingerprint density at radius 2 is 1.70 bits per heavy atom. The highest BCUT2D eigenvalue weighted by atomic mass is 16.7. The number of hydrogen-bond acceptors (Lipinski definition) is 5. The van der Waals surface area contributed by atoms with Crippen LogP contribution in [0.15, 0.2) is 0 Å². The number of ether oxygens (including phenoxy) is 2. The van der Waals surface area contributed by atoms with Crippen molar-refractivity contribution in [1.82, 2.24) is 0 Å². The standard InChI is InChI=1S/C28H44O5/c1-25-8-6-16(29)15-28(25,31)20-13-17(20)23-19(25)7-9-26(2)24(23)18-14-21(18)27(26,30)10-12-33-22-5-3-4-11-32-22/h16-24,29-31H,3-15H2,1-2H3/t16-,17-,18+,19?,20+,21-,22?,23?,24?,25+,26-,27-,28+/m0/s1. The zero-order valence-electron chi connectivity index (χ0n) is 20.5. The van der Waals surface area contributed by atoms with E-state index in [9.17, 15) is 15.3 Å². The van der Waals surface area contributed by atoms with Gasteiger partial charge < -0.3 is 24.8 Å². The normalized spacial score (nSPS) is 63.0. The molecule has 4 unspecified atom stereocenters. The summed E-state index contributed by atoms with van der Waals surface area (Å²) in [6, 6.07) is 0. The van der Waals surface area contributed by atoms with E-state index in [1.165, 1.54) is 12.8 Å². The summed E-state index contributed by atoms with van der Waals surface area (Å²) in [5.74, 6) is 3.80. The van der Waals surface area contributed by atoms with Crippen LogP contribution in [-0.4, -0.2) is 52.1 Å². The van der Waals surface area contributed by atoms with Gasteiger partial charge in [0.25, 0.3) is 0 Å². The Hall–Kier alpha value is -0.200. The van der Waals surface area contributed by atoms with E-state index in [0.29, 0.717) is 54.5 Å². The Bertz CT molecular complexity index is 812. The molecule has 1 heterocycles. The Morgan fingerprint density at radius 1 is 0.909 bits per heavy atom. The summed E-state index contributed by atoms with van der Waals surface area (Å²) in [7, 11) is 0. The van der Waals surface area contributed by atoms with E-state index in [1.54, 1.807) is 0 Å². The minimum absolute atomic E-state index is 0.0360. The predicted octanol–water partition coefficient (Wildman–Crippen LogP) is 3.88. The molecule has 5 heteroatoms. The third-order valence-corrected chi connectivity index (χ3v) is 12.7. The van der Waals surface area contributed by atoms with E-state index in [2.05, 4.69) is 13.8 Å². The summed E-state index contributed by atoms with van der Waals surface area (Å²) >= 11 is 0. The molecule has 6 aliphatic carbocycles. The Kier molecular flexibility index (Phi) is 4.65. The van der Waals surface area contributed by atoms with Crippen LogP contribution >= 0.6 is 0 Å². The van der Waals surface area contributed by atoms with Gasteiger partial charge >= 0.3 is 0 Å². The Morgan fingerprint density at radius 3 is 2.48 bits per heavy atom. The van der Waals surface area contributed by atoms with Crippen molar-refractivity contribution in [3.05, 3.63) is 0 Å². The fourth-order valence-electron chi connectivity index (χ4n) is 11.0. The summed E-state index contributed by atoms with van der Waals surface area (Å²) in [4.78, 5) is 0. The monoisotopic (exact) mass is 460 g/mol. The van der Waals surface area contributed by atoms with Gasteiger partial charge in [0.2, 0.25) is 0 Å². The number of aliphatic hydroxyl groups excluding tert-OH is 1. The molecular weight excluding hydrogens is 416 g/mol. The molecule has 0 bridgehead atoms. The van der Waals surface area contributed by atoms with Crippen molar-refractivity contribution < 1.29 is 24.8 Å². The highest BCUT2D eigenvalue weighted by molar-refractivity contribution is 5.29. The highest BCUT2D eigenvalue weighted by Crippen LogP contribution is 2.82. The van der Waals surface area contributed by atoms with Crippen LogP contribution < -0.4 is 0 Å². The first-order chi connectivity index (χ1) is 15.7. The molecule has 1 saturated heterocycles. The zero-order valence-corrected chi connectivity index (χ0v) is 20.5. The van der Waals surface area contributed by atoms with Crippen molar-refractivity contribution >= 4 is 0 Å². The number of rotatable bonds is 4. The lowest BCUT2D eigenvalue weighted by Crippen LogP contribution is -2.65. The van der Waals surface area contributed by atoms with Crippen LogP contribution in [0.5, 0.6) is 0 Å². The SMILES string of the molecule is C[C@]12CCC3C(C1[C@@H]1C[C@@H]1[C@@]2(O)CCOC1CCCCO1)[C@H]1C[C@H]1[C@]1(O)C[C@@H](O)CC[C@]31C. The second-order valence-electron chi connectivity index (χ2n) is 13.8. The lowest BCUT2D eigenvalue weighted by atomic mass is 9.42. The molecule has 0 aromatic heterocycles. The maximum atomic E-state index is 12.3. The second-order valence-corrected chi connectivity index (χ2v) is 13.8. The van der Waals surface area contributed by atoms with Crippen LogP contribution in [0.3, 0.4) is 0 Å². The first-order valence-electron chi connectivity index (χ1n) is 14.1. The van der Waals surface area contributed by atoms with Gasteiger partial charge in [0.1, 0.15) is 0 Å². The molecule has 186 valence electrons. The first kappa shape index (κ1) is 22.0. The summed E-state index contributed by atoms with van der Waals surface area (Å²) in [6.45, 7) is 6.16. The van der Waals surface area contributed by atoms with Gasteiger partial charge in [0.05, 0.1) is 23.9 Å². The molecule has 7 rings (SSSR count). The summed E-state index contributed by atoms with van der Waals surface area (Å²) in [6.07, 6.45) is 10.4. The van der Waals surface area contributed by atoms with Gasteiger partial charge in [-0.1, -0.05) is 13.8 Å². The average Bonchev–Trinajstić information content (AvgIpc) is 3.69. The first-order valence-corrected chi connectivity index (χ1v) is 14.1. The molecule has 33 heavy (non-hydrogen) atoms. The van der Waals surface area contributed by atoms with E-state index >= 15 is 0 Å². The van der Waals surface area contributed by atoms with Crippen molar-refractivity contribution in [3.8, 4) is 0 Å². The molecule has 3 N–H and O–H groups in total. The lowest BCUT2D eigenvalue weighted by molar-refractivity contribution is -0.239. The number of fused-ring (bicyclic) bond motifs is 10. The lowest BCUT2D eigenvalue weighted by Gasteiger charge is -2.64. The fourth-order valence-corrected chi connectivity index (χ4v) is 11.0. The maximum absolute atomic E-state index is 12.3. The Balaban J connectivity index is 1.14. The average molecular weight is 461 g/mol. The summed E-state index contributed by atoms with van der Waals surface area (Å²) < 4.78 is 11.9. The van der Waals surface area contributed by atoms with Crippen molar-refractivity contribution in [2.75, 3.05) is 13.2 Å². The minimum Gasteiger partial charge on any atom is -0.393 e. The topological polar surface area (TPSA) is 79.2 Å². The zero-order chi connectivity index (χ0) is 22.8. The van der Waals surface area contributed by atoms with Crippen LogP contribution in [0.2, 0.25) is 0 Å². The van der Waals surface area contributed by atoms with E-state index in [1.807, 2.05) is 0 Å². The molecule has 13 atom stereocenters. The van der Waals surface area contributed by atoms with Gasteiger partial charge in [0, 0.05) is 24.9 Å². The van der Waals surface area contributed by atoms with Crippen molar-refractivity contribution in [3.63, 3.8) is 0 Å². The van der Waals surface area contributed by atoms with Crippen LogP contribution in [0.1, 0.15) is 84.5 Å². The van der Waals surface area contributed by atoms with E-state index in [0.717, 1.165) is 58.0 Å². The molecule has 0 aromatic carbocycles. The summed E-state index contributed by atoms with van der Waals surface area (Å²) in [5.41, 5.74) is -1.42. The van der Waals surface area contributed by atoms with Crippen LogP contribution in [0, 0.1) is 52.3 Å². The van der Waals surface area contributed by atoms with E-state index in [-0.39, 0.29) is 23.2 Å². The van der Waals surface area contributed by atoms with Gasteiger partial charge in [-0.3, -0.25) is 0 Å². The molecule has 0 amide bonds. The van der Waals surface area contributed by atoms with Crippen molar-refractivity contribution in [1.29, 1.82) is 0 Å². The van der Waals surface area contributed by atoms with Gasteiger partial charge in [-0.05, 0) is 105 Å². The largest absolute Gasteiger partial charge is 0.393 e. The molecular formula is C28H44O5. The molecule has 7 fully saturated rings. The Labute approximate surface area is 198 Å².